The van der Waals surface area contributed by atoms with E-state index in [-0.39, 0.29) is 5.56 Å². The van der Waals surface area contributed by atoms with Gasteiger partial charge in [-0.2, -0.15) is 0 Å². The van der Waals surface area contributed by atoms with E-state index in [0.29, 0.717) is 4.47 Å². The summed E-state index contributed by atoms with van der Waals surface area (Å²) in [5.41, 5.74) is 1.88. The molecule has 0 saturated heterocycles. The highest BCUT2D eigenvalue weighted by molar-refractivity contribution is 9.10. The summed E-state index contributed by atoms with van der Waals surface area (Å²) in [6.45, 7) is 2.85. The Kier molecular flexibility index (Phi) is 3.84. The third-order valence-corrected chi connectivity index (χ3v) is 3.43. The van der Waals surface area contributed by atoms with E-state index >= 15 is 0 Å². The Morgan fingerprint density at radius 2 is 2.00 bits per heavy atom. The highest BCUT2D eigenvalue weighted by Crippen LogP contribution is 2.23. The van der Waals surface area contributed by atoms with Gasteiger partial charge in [0.15, 0.2) is 0 Å². The minimum Gasteiger partial charge on any atom is -0.294 e. The highest BCUT2D eigenvalue weighted by atomic mass is 79.9. The second-order valence-corrected chi connectivity index (χ2v) is 4.77. The van der Waals surface area contributed by atoms with Gasteiger partial charge in [0.1, 0.15) is 4.47 Å². The molecule has 0 unspecified atom stereocenters. The molecular formula is C13H15BrN2O. The van der Waals surface area contributed by atoms with Crippen molar-refractivity contribution >= 4 is 15.9 Å². The summed E-state index contributed by atoms with van der Waals surface area (Å²) in [7, 11) is 0. The molecule has 1 heterocycles. The summed E-state index contributed by atoms with van der Waals surface area (Å²) < 4.78 is 2.27. The number of unbranched alkanes of at least 4 members (excludes halogenated alkanes) is 1. The highest BCUT2D eigenvalue weighted by Gasteiger charge is 2.12. The molecule has 1 N–H and O–H groups in total. The Bertz CT molecular complexity index is 542. The van der Waals surface area contributed by atoms with Crippen molar-refractivity contribution in [3.8, 4) is 11.3 Å². The van der Waals surface area contributed by atoms with Crippen LogP contribution < -0.4 is 5.56 Å². The van der Waals surface area contributed by atoms with Crippen molar-refractivity contribution in [3.05, 3.63) is 45.2 Å². The number of hydrogen-bond acceptors (Lipinski definition) is 1. The van der Waals surface area contributed by atoms with Crippen molar-refractivity contribution in [2.75, 3.05) is 0 Å². The number of nitrogens with zero attached hydrogens (tertiary/aromatic N) is 1. The van der Waals surface area contributed by atoms with Crippen LogP contribution in [0.4, 0.5) is 0 Å². The Balaban J connectivity index is 2.40. The molecule has 0 amide bonds. The van der Waals surface area contributed by atoms with Crippen molar-refractivity contribution in [2.45, 2.75) is 26.3 Å². The molecule has 17 heavy (non-hydrogen) atoms. The van der Waals surface area contributed by atoms with Crippen LogP contribution >= 0.6 is 15.9 Å². The van der Waals surface area contributed by atoms with Crippen LogP contribution in [0.2, 0.25) is 0 Å². The summed E-state index contributed by atoms with van der Waals surface area (Å²) in [6, 6.07) is 9.86. The van der Waals surface area contributed by atoms with Crippen LogP contribution in [0.5, 0.6) is 0 Å². The lowest BCUT2D eigenvalue weighted by Gasteiger charge is -2.00. The number of benzene rings is 1. The number of nitrogens with one attached hydrogen (secondary N) is 1. The van der Waals surface area contributed by atoms with Crippen LogP contribution in [0.3, 0.4) is 0 Å². The standard InChI is InChI=1S/C13H15BrN2O/c1-2-3-9-16-13(17)11(14)12(15-16)10-7-5-4-6-8-10/h4-8,15H,2-3,9H2,1H3. The number of aryl methyl sites for hydroxylation is 1. The maximum Gasteiger partial charge on any atom is 0.281 e. The van der Waals surface area contributed by atoms with Gasteiger partial charge in [-0.15, -0.1) is 0 Å². The molecule has 2 rings (SSSR count). The molecule has 90 valence electrons. The molecule has 0 radical (unpaired) electrons. The summed E-state index contributed by atoms with van der Waals surface area (Å²) in [5, 5.41) is 3.16. The summed E-state index contributed by atoms with van der Waals surface area (Å²) in [4.78, 5) is 12.0. The first-order valence-electron chi connectivity index (χ1n) is 5.77. The Morgan fingerprint density at radius 3 is 2.65 bits per heavy atom. The minimum atomic E-state index is 0.0114. The van der Waals surface area contributed by atoms with Crippen molar-refractivity contribution in [1.82, 2.24) is 9.78 Å². The van der Waals surface area contributed by atoms with Crippen LogP contribution in [-0.4, -0.2) is 9.78 Å². The molecule has 4 heteroatoms. The van der Waals surface area contributed by atoms with Gasteiger partial charge < -0.3 is 0 Å². The summed E-state index contributed by atoms with van der Waals surface area (Å²) >= 11 is 3.37. The molecule has 0 aliphatic rings. The topological polar surface area (TPSA) is 37.8 Å². The van der Waals surface area contributed by atoms with Gasteiger partial charge in [0.25, 0.3) is 5.56 Å². The van der Waals surface area contributed by atoms with Crippen LogP contribution in [-0.2, 0) is 6.54 Å². The van der Waals surface area contributed by atoms with E-state index in [0.717, 1.165) is 30.6 Å². The molecule has 2 aromatic rings. The maximum absolute atomic E-state index is 12.0. The average Bonchev–Trinajstić information content (AvgIpc) is 2.65. The quantitative estimate of drug-likeness (QED) is 0.922. The van der Waals surface area contributed by atoms with Crippen molar-refractivity contribution < 1.29 is 0 Å². The van der Waals surface area contributed by atoms with E-state index in [1.54, 1.807) is 4.68 Å². The van der Waals surface area contributed by atoms with Gasteiger partial charge in [-0.05, 0) is 22.4 Å². The molecule has 1 aromatic heterocycles. The van der Waals surface area contributed by atoms with Gasteiger partial charge in [-0.3, -0.25) is 14.6 Å². The number of aromatic nitrogens is 2. The molecule has 1 aromatic carbocycles. The molecule has 0 fully saturated rings. The van der Waals surface area contributed by atoms with E-state index in [9.17, 15) is 4.79 Å². The van der Waals surface area contributed by atoms with Gasteiger partial charge in [0.05, 0.1) is 5.69 Å². The van der Waals surface area contributed by atoms with Crippen molar-refractivity contribution in [2.24, 2.45) is 0 Å². The fraction of sp³-hybridized carbons (Fsp3) is 0.308. The lowest BCUT2D eigenvalue weighted by molar-refractivity contribution is 0.558. The van der Waals surface area contributed by atoms with Gasteiger partial charge in [-0.25, -0.2) is 0 Å². The van der Waals surface area contributed by atoms with Crippen LogP contribution in [0.25, 0.3) is 11.3 Å². The molecule has 0 saturated carbocycles. The third kappa shape index (κ3) is 2.52. The molecule has 3 nitrogen and oxygen atoms in total. The lowest BCUT2D eigenvalue weighted by atomic mass is 10.2. The number of hydrogen-bond donors (Lipinski definition) is 1. The van der Waals surface area contributed by atoms with Crippen LogP contribution in [0.15, 0.2) is 39.6 Å². The summed E-state index contributed by atoms with van der Waals surface area (Å²) in [6.07, 6.45) is 2.07. The first-order valence-corrected chi connectivity index (χ1v) is 6.57. The van der Waals surface area contributed by atoms with Crippen molar-refractivity contribution in [3.63, 3.8) is 0 Å². The van der Waals surface area contributed by atoms with Gasteiger partial charge in [-0.1, -0.05) is 43.7 Å². The van der Waals surface area contributed by atoms with Gasteiger partial charge in [0, 0.05) is 12.1 Å². The van der Waals surface area contributed by atoms with E-state index in [4.69, 9.17) is 0 Å². The van der Waals surface area contributed by atoms with E-state index < -0.39 is 0 Å². The van der Waals surface area contributed by atoms with E-state index in [1.807, 2.05) is 30.3 Å². The van der Waals surface area contributed by atoms with Crippen LogP contribution in [0.1, 0.15) is 19.8 Å². The van der Waals surface area contributed by atoms with Crippen molar-refractivity contribution in [1.29, 1.82) is 0 Å². The zero-order valence-corrected chi connectivity index (χ0v) is 11.3. The first kappa shape index (κ1) is 12.2. The predicted octanol–water partition coefficient (Wildman–Crippen LogP) is 3.41. The number of rotatable bonds is 4. The molecule has 0 spiro atoms. The fourth-order valence-corrected chi connectivity index (χ4v) is 2.26. The second-order valence-electron chi connectivity index (χ2n) is 3.98. The summed E-state index contributed by atoms with van der Waals surface area (Å²) in [5.74, 6) is 0. The Hall–Kier alpha value is -1.29. The molecule has 0 bridgehead atoms. The van der Waals surface area contributed by atoms with E-state index in [2.05, 4.69) is 28.0 Å². The average molecular weight is 295 g/mol. The smallest absolute Gasteiger partial charge is 0.281 e. The number of halogens is 1. The fourth-order valence-electron chi connectivity index (χ4n) is 1.73. The number of H-pyrrole nitrogens is 1. The van der Waals surface area contributed by atoms with Gasteiger partial charge >= 0.3 is 0 Å². The minimum absolute atomic E-state index is 0.0114. The molecule has 0 aliphatic carbocycles. The third-order valence-electron chi connectivity index (χ3n) is 2.70. The SMILES string of the molecule is CCCCn1[nH]c(-c2ccccc2)c(Br)c1=O. The Labute approximate surface area is 109 Å². The normalized spacial score (nSPS) is 10.7. The largest absolute Gasteiger partial charge is 0.294 e. The van der Waals surface area contributed by atoms with Crippen LogP contribution in [0, 0.1) is 0 Å². The lowest BCUT2D eigenvalue weighted by Crippen LogP contribution is -2.16. The Morgan fingerprint density at radius 1 is 1.29 bits per heavy atom. The molecule has 0 aliphatic heterocycles. The molecule has 0 atom stereocenters. The van der Waals surface area contributed by atoms with E-state index in [1.165, 1.54) is 0 Å². The number of aromatic amines is 1. The predicted molar refractivity (Wildman–Crippen MR) is 73.1 cm³/mol. The zero-order valence-electron chi connectivity index (χ0n) is 9.74. The van der Waals surface area contributed by atoms with Gasteiger partial charge in [0.2, 0.25) is 0 Å². The zero-order chi connectivity index (χ0) is 12.3. The maximum atomic E-state index is 12.0. The second kappa shape index (κ2) is 5.36. The monoisotopic (exact) mass is 294 g/mol. The molecular weight excluding hydrogens is 280 g/mol. The first-order chi connectivity index (χ1) is 8.24.